The summed E-state index contributed by atoms with van der Waals surface area (Å²) in [5.74, 6) is 0.956. The fourth-order valence-electron chi connectivity index (χ4n) is 3.77. The Balaban J connectivity index is 1.80. The lowest BCUT2D eigenvalue weighted by Crippen LogP contribution is -2.36. The van der Waals surface area contributed by atoms with Gasteiger partial charge in [0.25, 0.3) is 0 Å². The minimum atomic E-state index is -0.0799. The largest absolute Gasteiger partial charge is 0.342 e. The van der Waals surface area contributed by atoms with Crippen LogP contribution in [0.2, 0.25) is 5.02 Å². The third-order valence-corrected chi connectivity index (χ3v) is 5.14. The molecule has 1 saturated heterocycles. The van der Waals surface area contributed by atoms with Gasteiger partial charge in [-0.3, -0.25) is 9.78 Å². The van der Waals surface area contributed by atoms with Crippen molar-refractivity contribution in [3.05, 3.63) is 47.4 Å². The van der Waals surface area contributed by atoms with Crippen LogP contribution in [0.4, 0.5) is 11.5 Å². The van der Waals surface area contributed by atoms with Crippen LogP contribution in [-0.2, 0) is 10.2 Å². The third-order valence-electron chi connectivity index (χ3n) is 4.91. The normalized spacial score (nSPS) is 22.7. The molecule has 0 radical (unpaired) electrons. The van der Waals surface area contributed by atoms with E-state index >= 15 is 0 Å². The average Bonchev–Trinajstić information content (AvgIpc) is 3.12. The molecule has 0 N–H and O–H groups in total. The van der Waals surface area contributed by atoms with Gasteiger partial charge in [-0.15, -0.1) is 0 Å². The Morgan fingerprint density at radius 1 is 1.30 bits per heavy atom. The van der Waals surface area contributed by atoms with Crippen LogP contribution in [0.3, 0.4) is 0 Å². The summed E-state index contributed by atoms with van der Waals surface area (Å²) in [5.41, 5.74) is 2.24. The van der Waals surface area contributed by atoms with Gasteiger partial charge in [-0.1, -0.05) is 11.6 Å². The molecule has 118 valence electrons. The van der Waals surface area contributed by atoms with Gasteiger partial charge in [0.05, 0.1) is 6.20 Å². The second-order valence-corrected chi connectivity index (χ2v) is 6.72. The van der Waals surface area contributed by atoms with Crippen molar-refractivity contribution in [2.45, 2.75) is 18.8 Å². The summed E-state index contributed by atoms with van der Waals surface area (Å²) >= 11 is 6.25. The highest BCUT2D eigenvalue weighted by Gasteiger charge is 2.48. The summed E-state index contributed by atoms with van der Waals surface area (Å²) in [6, 6.07) is 5.98. The van der Waals surface area contributed by atoms with Gasteiger partial charge in [0.2, 0.25) is 5.91 Å². The van der Waals surface area contributed by atoms with Gasteiger partial charge in [0.15, 0.2) is 5.82 Å². The SMILES string of the molecule is CC(=O)N1CCC2(C1)CN(c1cnccn1)c1ccc(Cl)cc12. The summed E-state index contributed by atoms with van der Waals surface area (Å²) < 4.78 is 0. The van der Waals surface area contributed by atoms with E-state index in [1.807, 2.05) is 23.1 Å². The Hall–Kier alpha value is -2.14. The van der Waals surface area contributed by atoms with Crippen LogP contribution in [0.5, 0.6) is 0 Å². The predicted octanol–water partition coefficient (Wildman–Crippen LogP) is 2.77. The van der Waals surface area contributed by atoms with Crippen molar-refractivity contribution in [2.75, 3.05) is 24.5 Å². The molecular weight excluding hydrogens is 312 g/mol. The topological polar surface area (TPSA) is 49.3 Å². The maximum Gasteiger partial charge on any atom is 0.219 e. The predicted molar refractivity (Wildman–Crippen MR) is 89.0 cm³/mol. The van der Waals surface area contributed by atoms with Crippen LogP contribution in [0.1, 0.15) is 18.9 Å². The smallest absolute Gasteiger partial charge is 0.219 e. The number of halogens is 1. The van der Waals surface area contributed by atoms with E-state index in [0.29, 0.717) is 0 Å². The van der Waals surface area contributed by atoms with Crippen LogP contribution >= 0.6 is 11.6 Å². The number of fused-ring (bicyclic) bond motifs is 2. The van der Waals surface area contributed by atoms with E-state index in [2.05, 4.69) is 14.9 Å². The van der Waals surface area contributed by atoms with E-state index in [9.17, 15) is 4.79 Å². The molecule has 0 saturated carbocycles. The summed E-state index contributed by atoms with van der Waals surface area (Å²) in [7, 11) is 0. The molecule has 1 amide bonds. The second kappa shape index (κ2) is 5.20. The minimum Gasteiger partial charge on any atom is -0.342 e. The molecule has 1 unspecified atom stereocenters. The zero-order valence-electron chi connectivity index (χ0n) is 12.9. The maximum atomic E-state index is 11.8. The van der Waals surface area contributed by atoms with E-state index in [0.717, 1.165) is 42.6 Å². The van der Waals surface area contributed by atoms with Crippen LogP contribution in [0.15, 0.2) is 36.8 Å². The van der Waals surface area contributed by atoms with Crippen LogP contribution < -0.4 is 4.90 Å². The molecule has 2 aliphatic rings. The highest BCUT2D eigenvalue weighted by atomic mass is 35.5. The molecule has 23 heavy (non-hydrogen) atoms. The first kappa shape index (κ1) is 14.5. The number of hydrogen-bond acceptors (Lipinski definition) is 4. The summed E-state index contributed by atoms with van der Waals surface area (Å²) in [4.78, 5) is 24.5. The Morgan fingerprint density at radius 2 is 2.17 bits per heavy atom. The van der Waals surface area contributed by atoms with Crippen molar-refractivity contribution in [2.24, 2.45) is 0 Å². The number of likely N-dealkylation sites (tertiary alicyclic amines) is 1. The van der Waals surface area contributed by atoms with Gasteiger partial charge in [-0.05, 0) is 30.2 Å². The van der Waals surface area contributed by atoms with E-state index in [-0.39, 0.29) is 11.3 Å². The summed E-state index contributed by atoms with van der Waals surface area (Å²) in [6.45, 7) is 3.94. The molecule has 1 atom stereocenters. The van der Waals surface area contributed by atoms with Gasteiger partial charge in [0.1, 0.15) is 0 Å². The highest BCUT2D eigenvalue weighted by molar-refractivity contribution is 6.30. The van der Waals surface area contributed by atoms with Crippen molar-refractivity contribution in [3.63, 3.8) is 0 Å². The van der Waals surface area contributed by atoms with Gasteiger partial charge in [0, 0.05) is 55.1 Å². The highest BCUT2D eigenvalue weighted by Crippen LogP contribution is 2.49. The number of hydrogen-bond donors (Lipinski definition) is 0. The fourth-order valence-corrected chi connectivity index (χ4v) is 3.94. The van der Waals surface area contributed by atoms with E-state index in [4.69, 9.17) is 11.6 Å². The first-order chi connectivity index (χ1) is 11.1. The van der Waals surface area contributed by atoms with Gasteiger partial charge >= 0.3 is 0 Å². The molecule has 1 aromatic heterocycles. The molecule has 3 heterocycles. The van der Waals surface area contributed by atoms with Gasteiger partial charge < -0.3 is 9.80 Å². The van der Waals surface area contributed by atoms with Gasteiger partial charge in [-0.2, -0.15) is 0 Å². The molecule has 0 aliphatic carbocycles. The van der Waals surface area contributed by atoms with Gasteiger partial charge in [-0.25, -0.2) is 4.98 Å². The monoisotopic (exact) mass is 328 g/mol. The number of anilines is 2. The zero-order chi connectivity index (χ0) is 16.0. The molecule has 2 aliphatic heterocycles. The Bertz CT molecular complexity index is 766. The van der Waals surface area contributed by atoms with Crippen molar-refractivity contribution < 1.29 is 4.79 Å². The van der Waals surface area contributed by atoms with E-state index in [1.165, 1.54) is 5.56 Å². The van der Waals surface area contributed by atoms with Crippen molar-refractivity contribution >= 4 is 29.0 Å². The maximum absolute atomic E-state index is 11.8. The Kier molecular flexibility index (Phi) is 3.27. The Labute approximate surface area is 139 Å². The van der Waals surface area contributed by atoms with Crippen molar-refractivity contribution in [1.82, 2.24) is 14.9 Å². The number of carbonyl (C=O) groups excluding carboxylic acids is 1. The van der Waals surface area contributed by atoms with Crippen molar-refractivity contribution in [1.29, 1.82) is 0 Å². The lowest BCUT2D eigenvalue weighted by atomic mass is 9.81. The quantitative estimate of drug-likeness (QED) is 0.807. The molecule has 4 rings (SSSR count). The molecule has 1 fully saturated rings. The Morgan fingerprint density at radius 3 is 2.87 bits per heavy atom. The number of rotatable bonds is 1. The van der Waals surface area contributed by atoms with Crippen molar-refractivity contribution in [3.8, 4) is 0 Å². The first-order valence-corrected chi connectivity index (χ1v) is 8.06. The summed E-state index contributed by atoms with van der Waals surface area (Å²) in [6.07, 6.45) is 6.09. The lowest BCUT2D eigenvalue weighted by Gasteiger charge is -2.25. The lowest BCUT2D eigenvalue weighted by molar-refractivity contribution is -0.127. The third kappa shape index (κ3) is 2.27. The molecule has 0 bridgehead atoms. The average molecular weight is 329 g/mol. The standard InChI is InChI=1S/C17H17ClN4O/c1-12(23)21-7-4-17(10-21)11-22(16-9-19-5-6-20-16)15-3-2-13(18)8-14(15)17/h2-3,5-6,8-9H,4,7,10-11H2,1H3. The molecule has 6 heteroatoms. The zero-order valence-corrected chi connectivity index (χ0v) is 13.6. The first-order valence-electron chi connectivity index (χ1n) is 7.68. The molecule has 1 spiro atoms. The number of benzene rings is 1. The molecule has 2 aromatic rings. The second-order valence-electron chi connectivity index (χ2n) is 6.28. The molecular formula is C17H17ClN4O. The summed E-state index contributed by atoms with van der Waals surface area (Å²) in [5, 5.41) is 0.727. The number of aromatic nitrogens is 2. The minimum absolute atomic E-state index is 0.0799. The molecule has 5 nitrogen and oxygen atoms in total. The number of carbonyl (C=O) groups is 1. The van der Waals surface area contributed by atoms with Crippen LogP contribution in [-0.4, -0.2) is 40.4 Å². The fraction of sp³-hybridized carbons (Fsp3) is 0.353. The van der Waals surface area contributed by atoms with Crippen LogP contribution in [0.25, 0.3) is 0 Å². The molecule has 1 aromatic carbocycles. The number of nitrogens with zero attached hydrogens (tertiary/aromatic N) is 4. The van der Waals surface area contributed by atoms with Crippen LogP contribution in [0, 0.1) is 0 Å². The number of amides is 1. The van der Waals surface area contributed by atoms with E-state index in [1.54, 1.807) is 25.5 Å². The van der Waals surface area contributed by atoms with E-state index < -0.39 is 0 Å².